The first kappa shape index (κ1) is 15.8. The van der Waals surface area contributed by atoms with Crippen molar-refractivity contribution in [3.8, 4) is 0 Å². The predicted molar refractivity (Wildman–Crippen MR) is 86.1 cm³/mol. The van der Waals surface area contributed by atoms with E-state index in [1.54, 1.807) is 24.3 Å². The maximum atomic E-state index is 12.7. The summed E-state index contributed by atoms with van der Waals surface area (Å²) < 4.78 is 26.6. The molecule has 0 heterocycles. The minimum Gasteiger partial charge on any atom is -0.326 e. The predicted octanol–water partition coefficient (Wildman–Crippen LogP) is 2.93. The molecule has 4 nitrogen and oxygen atoms in total. The van der Waals surface area contributed by atoms with Crippen LogP contribution in [0, 0.1) is 6.92 Å². The molecular formula is C15H17ClN2O2S. The molecule has 2 rings (SSSR count). The van der Waals surface area contributed by atoms with Gasteiger partial charge in [0.1, 0.15) is 4.90 Å². The van der Waals surface area contributed by atoms with Crippen molar-refractivity contribution in [3.63, 3.8) is 0 Å². The fourth-order valence-electron chi connectivity index (χ4n) is 1.99. The first-order chi connectivity index (χ1) is 9.86. The first-order valence-electron chi connectivity index (χ1n) is 6.40. The molecule has 112 valence electrons. The van der Waals surface area contributed by atoms with Gasteiger partial charge in [-0.1, -0.05) is 29.8 Å². The van der Waals surface area contributed by atoms with Crippen LogP contribution in [0.5, 0.6) is 0 Å². The van der Waals surface area contributed by atoms with Crippen molar-refractivity contribution < 1.29 is 8.42 Å². The number of rotatable bonds is 4. The van der Waals surface area contributed by atoms with Gasteiger partial charge in [0.2, 0.25) is 0 Å². The third-order valence-electron chi connectivity index (χ3n) is 3.24. The number of anilines is 1. The van der Waals surface area contributed by atoms with E-state index in [2.05, 4.69) is 0 Å². The summed E-state index contributed by atoms with van der Waals surface area (Å²) in [4.78, 5) is 0.0744. The summed E-state index contributed by atoms with van der Waals surface area (Å²) in [7, 11) is -2.19. The molecule has 0 aliphatic heterocycles. The number of benzene rings is 2. The summed E-state index contributed by atoms with van der Waals surface area (Å²) in [5.41, 5.74) is 7.89. The maximum absolute atomic E-state index is 12.7. The smallest absolute Gasteiger partial charge is 0.265 e. The second-order valence-electron chi connectivity index (χ2n) is 4.78. The number of nitrogens with zero attached hydrogens (tertiary/aromatic N) is 1. The van der Waals surface area contributed by atoms with Gasteiger partial charge in [0.25, 0.3) is 10.0 Å². The zero-order valence-electron chi connectivity index (χ0n) is 11.9. The van der Waals surface area contributed by atoms with E-state index in [0.717, 1.165) is 11.1 Å². The second kappa shape index (κ2) is 6.05. The van der Waals surface area contributed by atoms with Crippen LogP contribution < -0.4 is 10.0 Å². The molecule has 0 saturated carbocycles. The Kier molecular flexibility index (Phi) is 4.56. The third kappa shape index (κ3) is 3.20. The number of sulfonamides is 1. The summed E-state index contributed by atoms with van der Waals surface area (Å²) in [6.07, 6.45) is 0. The average Bonchev–Trinajstić information content (AvgIpc) is 2.45. The monoisotopic (exact) mass is 324 g/mol. The molecule has 2 aromatic rings. The zero-order chi connectivity index (χ0) is 15.6. The summed E-state index contributed by atoms with van der Waals surface area (Å²) in [5.74, 6) is 0. The van der Waals surface area contributed by atoms with Gasteiger partial charge in [0.05, 0.1) is 10.7 Å². The van der Waals surface area contributed by atoms with Crippen LogP contribution in [0.15, 0.2) is 47.4 Å². The molecule has 21 heavy (non-hydrogen) atoms. The Morgan fingerprint density at radius 2 is 1.90 bits per heavy atom. The number of hydrogen-bond acceptors (Lipinski definition) is 3. The zero-order valence-corrected chi connectivity index (χ0v) is 13.4. The lowest BCUT2D eigenvalue weighted by Crippen LogP contribution is -2.26. The highest BCUT2D eigenvalue weighted by atomic mass is 35.5. The van der Waals surface area contributed by atoms with Gasteiger partial charge in [-0.2, -0.15) is 0 Å². The van der Waals surface area contributed by atoms with Gasteiger partial charge in [0.15, 0.2) is 0 Å². The Morgan fingerprint density at radius 1 is 1.19 bits per heavy atom. The third-order valence-corrected chi connectivity index (χ3v) is 5.50. The van der Waals surface area contributed by atoms with Crippen molar-refractivity contribution in [1.29, 1.82) is 0 Å². The molecular weight excluding hydrogens is 308 g/mol. The highest BCUT2D eigenvalue weighted by molar-refractivity contribution is 7.93. The summed E-state index contributed by atoms with van der Waals surface area (Å²) in [6, 6.07) is 12.0. The van der Waals surface area contributed by atoms with E-state index in [1.165, 1.54) is 17.4 Å². The number of nitrogens with two attached hydrogens (primary N) is 1. The molecule has 0 saturated heterocycles. The highest BCUT2D eigenvalue weighted by Gasteiger charge is 2.24. The Labute approximate surface area is 130 Å². The Morgan fingerprint density at radius 3 is 2.48 bits per heavy atom. The topological polar surface area (TPSA) is 63.4 Å². The molecule has 0 bridgehead atoms. The molecule has 2 aromatic carbocycles. The van der Waals surface area contributed by atoms with Crippen LogP contribution >= 0.6 is 11.6 Å². The van der Waals surface area contributed by atoms with Crippen LogP contribution in [-0.4, -0.2) is 15.5 Å². The summed E-state index contributed by atoms with van der Waals surface area (Å²) in [6.45, 7) is 2.22. The van der Waals surface area contributed by atoms with Crippen molar-refractivity contribution in [2.24, 2.45) is 5.73 Å². The summed E-state index contributed by atoms with van der Waals surface area (Å²) in [5, 5.41) is 0.178. The Hall–Kier alpha value is -1.56. The van der Waals surface area contributed by atoms with Crippen LogP contribution in [0.4, 0.5) is 5.69 Å². The van der Waals surface area contributed by atoms with Gasteiger partial charge >= 0.3 is 0 Å². The Balaban J connectivity index is 2.47. The van der Waals surface area contributed by atoms with Gasteiger partial charge in [-0.15, -0.1) is 0 Å². The van der Waals surface area contributed by atoms with Crippen molar-refractivity contribution in [1.82, 2.24) is 0 Å². The second-order valence-corrected chi connectivity index (χ2v) is 7.13. The lowest BCUT2D eigenvalue weighted by molar-refractivity contribution is 0.594. The van der Waals surface area contributed by atoms with Gasteiger partial charge in [-0.25, -0.2) is 8.42 Å². The van der Waals surface area contributed by atoms with Gasteiger partial charge in [0, 0.05) is 13.6 Å². The van der Waals surface area contributed by atoms with Gasteiger partial charge in [-0.3, -0.25) is 4.31 Å². The number of hydrogen-bond donors (Lipinski definition) is 1. The van der Waals surface area contributed by atoms with Crippen LogP contribution in [-0.2, 0) is 16.6 Å². The minimum absolute atomic E-state index is 0.0744. The summed E-state index contributed by atoms with van der Waals surface area (Å²) >= 11 is 6.09. The molecule has 0 spiro atoms. The number of aryl methyl sites for hydroxylation is 1. The SMILES string of the molecule is Cc1cccc(N(C)S(=O)(=O)c2ccc(CN)cc2Cl)c1. The fraction of sp³-hybridized carbons (Fsp3) is 0.200. The molecule has 0 radical (unpaired) electrons. The molecule has 0 aromatic heterocycles. The standard InChI is InChI=1S/C15H17ClN2O2S/c1-11-4-3-5-13(8-11)18(2)21(19,20)15-7-6-12(10-17)9-14(15)16/h3-9H,10,17H2,1-2H3. The maximum Gasteiger partial charge on any atom is 0.265 e. The van der Waals surface area contributed by atoms with Crippen LogP contribution in [0.1, 0.15) is 11.1 Å². The lowest BCUT2D eigenvalue weighted by atomic mass is 10.2. The molecule has 6 heteroatoms. The molecule has 0 unspecified atom stereocenters. The fourth-order valence-corrected chi connectivity index (χ4v) is 3.72. The van der Waals surface area contributed by atoms with Gasteiger partial charge in [-0.05, 0) is 42.3 Å². The Bertz CT molecular complexity index is 760. The molecule has 0 aliphatic carbocycles. The van der Waals surface area contributed by atoms with E-state index < -0.39 is 10.0 Å². The van der Waals surface area contributed by atoms with E-state index in [4.69, 9.17) is 17.3 Å². The molecule has 0 atom stereocenters. The first-order valence-corrected chi connectivity index (χ1v) is 8.22. The van der Waals surface area contributed by atoms with Crippen molar-refractivity contribution in [3.05, 3.63) is 58.6 Å². The largest absolute Gasteiger partial charge is 0.326 e. The quantitative estimate of drug-likeness (QED) is 0.940. The van der Waals surface area contributed by atoms with Crippen molar-refractivity contribution in [2.75, 3.05) is 11.4 Å². The van der Waals surface area contributed by atoms with E-state index in [-0.39, 0.29) is 9.92 Å². The van der Waals surface area contributed by atoms with E-state index in [9.17, 15) is 8.42 Å². The molecule has 0 amide bonds. The van der Waals surface area contributed by atoms with E-state index >= 15 is 0 Å². The van der Waals surface area contributed by atoms with Crippen molar-refractivity contribution >= 4 is 27.3 Å². The van der Waals surface area contributed by atoms with Gasteiger partial charge < -0.3 is 5.73 Å². The highest BCUT2D eigenvalue weighted by Crippen LogP contribution is 2.28. The number of halogens is 1. The minimum atomic E-state index is -3.70. The van der Waals surface area contributed by atoms with Crippen LogP contribution in [0.25, 0.3) is 0 Å². The molecule has 0 fully saturated rings. The van der Waals surface area contributed by atoms with Crippen molar-refractivity contribution in [2.45, 2.75) is 18.4 Å². The molecule has 2 N–H and O–H groups in total. The normalized spacial score (nSPS) is 11.4. The average molecular weight is 325 g/mol. The van der Waals surface area contributed by atoms with E-state index in [1.807, 2.05) is 19.1 Å². The van der Waals surface area contributed by atoms with E-state index in [0.29, 0.717) is 12.2 Å². The molecule has 0 aliphatic rings. The van der Waals surface area contributed by atoms with Crippen LogP contribution in [0.2, 0.25) is 5.02 Å². The van der Waals surface area contributed by atoms with Crippen LogP contribution in [0.3, 0.4) is 0 Å². The lowest BCUT2D eigenvalue weighted by Gasteiger charge is -2.20.